The van der Waals surface area contributed by atoms with Crippen LogP contribution in [0.5, 0.6) is 5.75 Å². The summed E-state index contributed by atoms with van der Waals surface area (Å²) in [6, 6.07) is 5.49. The summed E-state index contributed by atoms with van der Waals surface area (Å²) >= 11 is 1.68. The third-order valence-electron chi connectivity index (χ3n) is 3.07. The molecule has 1 heterocycles. The molecule has 1 atom stereocenters. The smallest absolute Gasteiger partial charge is 0.406 e. The number of carbonyl (C=O) groups is 1. The maximum absolute atomic E-state index is 12.0. The fourth-order valence-corrected chi connectivity index (χ4v) is 3.38. The zero-order chi connectivity index (χ0) is 14.6. The molecule has 0 N–H and O–H groups in total. The van der Waals surface area contributed by atoms with E-state index in [0.717, 1.165) is 30.6 Å². The lowest BCUT2D eigenvalue weighted by molar-refractivity contribution is -0.274. The van der Waals surface area contributed by atoms with Gasteiger partial charge in [0.15, 0.2) is 0 Å². The second-order valence-electron chi connectivity index (χ2n) is 4.69. The first-order valence-electron chi connectivity index (χ1n) is 6.43. The summed E-state index contributed by atoms with van der Waals surface area (Å²) in [5.74, 6) is 0.898. The number of halogens is 3. The SMILES string of the molecule is O=C(Cc1ccc(OC(F)(F)F)cc1)C1CCCCS1. The van der Waals surface area contributed by atoms with Crippen molar-refractivity contribution in [2.75, 3.05) is 5.75 Å². The van der Waals surface area contributed by atoms with E-state index in [9.17, 15) is 18.0 Å². The third kappa shape index (κ3) is 4.74. The van der Waals surface area contributed by atoms with Gasteiger partial charge in [-0.2, -0.15) is 11.8 Å². The molecule has 0 spiro atoms. The predicted octanol–water partition coefficient (Wildman–Crippen LogP) is 3.98. The highest BCUT2D eigenvalue weighted by Crippen LogP contribution is 2.27. The number of Topliss-reactive ketones (excluding diaryl/α,β-unsaturated/α-hetero) is 1. The van der Waals surface area contributed by atoms with E-state index in [1.54, 1.807) is 11.8 Å². The van der Waals surface area contributed by atoms with Crippen LogP contribution in [0, 0.1) is 0 Å². The summed E-state index contributed by atoms with van der Waals surface area (Å²) < 4.78 is 39.8. The fraction of sp³-hybridized carbons (Fsp3) is 0.500. The van der Waals surface area contributed by atoms with Crippen molar-refractivity contribution in [3.8, 4) is 5.75 Å². The van der Waals surface area contributed by atoms with Crippen molar-refractivity contribution in [1.29, 1.82) is 0 Å². The highest BCUT2D eigenvalue weighted by molar-refractivity contribution is 8.00. The lowest BCUT2D eigenvalue weighted by atomic mass is 10.0. The lowest BCUT2D eigenvalue weighted by Gasteiger charge is -2.19. The zero-order valence-corrected chi connectivity index (χ0v) is 11.6. The predicted molar refractivity (Wildman–Crippen MR) is 71.9 cm³/mol. The van der Waals surface area contributed by atoms with Gasteiger partial charge in [0.05, 0.1) is 5.25 Å². The van der Waals surface area contributed by atoms with Crippen molar-refractivity contribution < 1.29 is 22.7 Å². The molecule has 0 aromatic heterocycles. The molecule has 1 fully saturated rings. The average Bonchev–Trinajstić information content (AvgIpc) is 2.40. The van der Waals surface area contributed by atoms with Crippen LogP contribution >= 0.6 is 11.8 Å². The Bertz CT molecular complexity index is 450. The van der Waals surface area contributed by atoms with Gasteiger partial charge in [0.25, 0.3) is 0 Å². The number of hydrogen-bond acceptors (Lipinski definition) is 3. The van der Waals surface area contributed by atoms with Gasteiger partial charge in [0.2, 0.25) is 0 Å². The number of alkyl halides is 3. The molecular weight excluding hydrogens is 289 g/mol. The molecule has 2 rings (SSSR count). The van der Waals surface area contributed by atoms with Crippen molar-refractivity contribution in [1.82, 2.24) is 0 Å². The first-order chi connectivity index (χ1) is 9.44. The van der Waals surface area contributed by atoms with Crippen molar-refractivity contribution in [3.05, 3.63) is 29.8 Å². The van der Waals surface area contributed by atoms with E-state index in [0.29, 0.717) is 0 Å². The molecule has 6 heteroatoms. The second kappa shape index (κ2) is 6.52. The van der Waals surface area contributed by atoms with E-state index in [2.05, 4.69) is 4.74 Å². The van der Waals surface area contributed by atoms with Gasteiger partial charge >= 0.3 is 6.36 Å². The summed E-state index contributed by atoms with van der Waals surface area (Å²) in [4.78, 5) is 12.0. The van der Waals surface area contributed by atoms with Gasteiger partial charge in [-0.1, -0.05) is 18.6 Å². The molecule has 1 unspecified atom stereocenters. The average molecular weight is 304 g/mol. The minimum absolute atomic E-state index is 0.0369. The highest BCUT2D eigenvalue weighted by Gasteiger charge is 2.31. The van der Waals surface area contributed by atoms with Gasteiger partial charge in [-0.05, 0) is 36.3 Å². The van der Waals surface area contributed by atoms with E-state index >= 15 is 0 Å². The number of rotatable bonds is 4. The van der Waals surface area contributed by atoms with Crippen LogP contribution < -0.4 is 4.74 Å². The van der Waals surface area contributed by atoms with Crippen molar-refractivity contribution >= 4 is 17.5 Å². The molecule has 1 aliphatic rings. The summed E-state index contributed by atoms with van der Waals surface area (Å²) in [7, 11) is 0. The summed E-state index contributed by atoms with van der Waals surface area (Å²) in [6.45, 7) is 0. The molecule has 0 saturated carbocycles. The minimum atomic E-state index is -4.68. The van der Waals surface area contributed by atoms with Gasteiger partial charge < -0.3 is 4.74 Å². The number of ketones is 1. The number of benzene rings is 1. The fourth-order valence-electron chi connectivity index (χ4n) is 2.12. The molecule has 0 amide bonds. The van der Waals surface area contributed by atoms with Crippen LogP contribution in [0.2, 0.25) is 0 Å². The third-order valence-corrected chi connectivity index (χ3v) is 4.50. The molecule has 0 bridgehead atoms. The van der Waals surface area contributed by atoms with Crippen LogP contribution in [0.3, 0.4) is 0 Å². The summed E-state index contributed by atoms with van der Waals surface area (Å²) in [5, 5.41) is 0.0369. The normalized spacial score (nSPS) is 19.6. The molecule has 1 saturated heterocycles. The molecule has 1 aromatic rings. The van der Waals surface area contributed by atoms with E-state index in [4.69, 9.17) is 0 Å². The molecule has 1 aliphatic heterocycles. The van der Waals surface area contributed by atoms with Crippen LogP contribution in [0.15, 0.2) is 24.3 Å². The Morgan fingerprint density at radius 1 is 1.25 bits per heavy atom. The van der Waals surface area contributed by atoms with E-state index in [1.807, 2.05) is 0 Å². The van der Waals surface area contributed by atoms with Crippen LogP contribution in [-0.2, 0) is 11.2 Å². The van der Waals surface area contributed by atoms with Crippen LogP contribution in [-0.4, -0.2) is 23.1 Å². The van der Waals surface area contributed by atoms with Gasteiger partial charge in [-0.15, -0.1) is 13.2 Å². The molecule has 2 nitrogen and oxygen atoms in total. The maximum atomic E-state index is 12.0. The number of thioether (sulfide) groups is 1. The van der Waals surface area contributed by atoms with Crippen LogP contribution in [0.1, 0.15) is 24.8 Å². The quantitative estimate of drug-likeness (QED) is 0.841. The largest absolute Gasteiger partial charge is 0.573 e. The summed E-state index contributed by atoms with van der Waals surface area (Å²) in [5.41, 5.74) is 0.718. The first-order valence-corrected chi connectivity index (χ1v) is 7.48. The Balaban J connectivity index is 1.91. The lowest BCUT2D eigenvalue weighted by Crippen LogP contribution is -2.22. The summed E-state index contributed by atoms with van der Waals surface area (Å²) in [6.07, 6.45) is -1.29. The van der Waals surface area contributed by atoms with E-state index in [-0.39, 0.29) is 23.2 Å². The van der Waals surface area contributed by atoms with Crippen LogP contribution in [0.25, 0.3) is 0 Å². The molecular formula is C14H15F3O2S. The second-order valence-corrected chi connectivity index (χ2v) is 6.00. The van der Waals surface area contributed by atoms with Gasteiger partial charge in [0, 0.05) is 6.42 Å². The van der Waals surface area contributed by atoms with Crippen molar-refractivity contribution in [2.24, 2.45) is 0 Å². The molecule has 0 aliphatic carbocycles. The van der Waals surface area contributed by atoms with E-state index in [1.165, 1.54) is 24.3 Å². The standard InChI is InChI=1S/C14H15F3O2S/c15-14(16,17)19-11-6-4-10(5-7-11)9-12(18)13-3-1-2-8-20-13/h4-7,13H,1-3,8-9H2. The minimum Gasteiger partial charge on any atom is -0.406 e. The van der Waals surface area contributed by atoms with E-state index < -0.39 is 6.36 Å². The maximum Gasteiger partial charge on any atom is 0.573 e. The monoisotopic (exact) mass is 304 g/mol. The topological polar surface area (TPSA) is 26.3 Å². The van der Waals surface area contributed by atoms with Crippen molar-refractivity contribution in [2.45, 2.75) is 37.3 Å². The Morgan fingerprint density at radius 2 is 1.95 bits per heavy atom. The van der Waals surface area contributed by atoms with Gasteiger partial charge in [0.1, 0.15) is 11.5 Å². The van der Waals surface area contributed by atoms with Gasteiger partial charge in [-0.25, -0.2) is 0 Å². The molecule has 0 radical (unpaired) electrons. The molecule has 20 heavy (non-hydrogen) atoms. The number of hydrogen-bond donors (Lipinski definition) is 0. The first kappa shape index (κ1) is 15.2. The highest BCUT2D eigenvalue weighted by atomic mass is 32.2. The Labute approximate surface area is 119 Å². The zero-order valence-electron chi connectivity index (χ0n) is 10.8. The molecule has 110 valence electrons. The Kier molecular flexibility index (Phi) is 4.96. The Hall–Kier alpha value is -1.17. The number of carbonyl (C=O) groups excluding carboxylic acids is 1. The number of ether oxygens (including phenoxy) is 1. The Morgan fingerprint density at radius 3 is 2.50 bits per heavy atom. The van der Waals surface area contributed by atoms with Crippen molar-refractivity contribution in [3.63, 3.8) is 0 Å². The van der Waals surface area contributed by atoms with Gasteiger partial charge in [-0.3, -0.25) is 4.79 Å². The van der Waals surface area contributed by atoms with Crippen LogP contribution in [0.4, 0.5) is 13.2 Å². The molecule has 1 aromatic carbocycles.